The minimum atomic E-state index is -0.240. The first-order valence-electron chi connectivity index (χ1n) is 7.24. The van der Waals surface area contributed by atoms with Crippen LogP contribution in [0.15, 0.2) is 16.6 Å². The standard InChI is InChI=1S/C16H18BrFO/c17-14-5-12(18)4-13(15(14)19)16-6-9-1-10(7-16)3-11(2-9)8-16/h4-5,9-11,19H,1-3,6-8H2. The van der Waals surface area contributed by atoms with Crippen molar-refractivity contribution >= 4 is 15.9 Å². The molecule has 0 saturated heterocycles. The summed E-state index contributed by atoms with van der Waals surface area (Å²) in [5.41, 5.74) is 0.905. The van der Waals surface area contributed by atoms with Gasteiger partial charge in [0.1, 0.15) is 11.6 Å². The average Bonchev–Trinajstić information content (AvgIpc) is 2.32. The number of rotatable bonds is 1. The predicted molar refractivity (Wildman–Crippen MR) is 75.6 cm³/mol. The maximum atomic E-state index is 13.8. The Labute approximate surface area is 121 Å². The monoisotopic (exact) mass is 324 g/mol. The van der Waals surface area contributed by atoms with Gasteiger partial charge in [-0.05, 0) is 89.8 Å². The molecular weight excluding hydrogens is 307 g/mol. The van der Waals surface area contributed by atoms with Crippen molar-refractivity contribution in [2.24, 2.45) is 17.8 Å². The quantitative estimate of drug-likeness (QED) is 0.789. The predicted octanol–water partition coefficient (Wildman–Crippen LogP) is 4.76. The lowest BCUT2D eigenvalue weighted by Crippen LogP contribution is -2.48. The molecule has 19 heavy (non-hydrogen) atoms. The number of phenols is 1. The Balaban J connectivity index is 1.84. The van der Waals surface area contributed by atoms with Crippen LogP contribution in [0, 0.1) is 23.6 Å². The van der Waals surface area contributed by atoms with Gasteiger partial charge in [-0.1, -0.05) is 0 Å². The summed E-state index contributed by atoms with van der Waals surface area (Å²) in [5, 5.41) is 10.4. The molecule has 0 aromatic heterocycles. The fraction of sp³-hybridized carbons (Fsp3) is 0.625. The molecule has 4 aliphatic carbocycles. The molecule has 0 amide bonds. The highest BCUT2D eigenvalue weighted by atomic mass is 79.9. The van der Waals surface area contributed by atoms with Gasteiger partial charge in [0.15, 0.2) is 0 Å². The Morgan fingerprint density at radius 1 is 1.05 bits per heavy atom. The molecule has 4 fully saturated rings. The van der Waals surface area contributed by atoms with Crippen molar-refractivity contribution in [2.75, 3.05) is 0 Å². The minimum Gasteiger partial charge on any atom is -0.506 e. The Bertz CT molecular complexity index is 505. The summed E-state index contributed by atoms with van der Waals surface area (Å²) in [7, 11) is 0. The van der Waals surface area contributed by atoms with Crippen LogP contribution in [0.3, 0.4) is 0 Å². The van der Waals surface area contributed by atoms with Crippen molar-refractivity contribution in [2.45, 2.75) is 43.9 Å². The topological polar surface area (TPSA) is 20.2 Å². The lowest BCUT2D eigenvalue weighted by atomic mass is 9.48. The van der Waals surface area contributed by atoms with Crippen molar-refractivity contribution < 1.29 is 9.50 Å². The molecule has 4 bridgehead atoms. The highest BCUT2D eigenvalue weighted by Gasteiger charge is 2.52. The second-order valence-electron chi connectivity index (χ2n) is 6.98. The lowest BCUT2D eigenvalue weighted by molar-refractivity contribution is -0.00631. The van der Waals surface area contributed by atoms with Crippen LogP contribution in [0.5, 0.6) is 5.75 Å². The highest BCUT2D eigenvalue weighted by molar-refractivity contribution is 9.10. The van der Waals surface area contributed by atoms with Crippen LogP contribution < -0.4 is 0 Å². The Kier molecular flexibility index (Phi) is 2.55. The maximum absolute atomic E-state index is 13.8. The van der Waals surface area contributed by atoms with Gasteiger partial charge in [0.25, 0.3) is 0 Å². The zero-order chi connectivity index (χ0) is 13.2. The number of halogens is 2. The Morgan fingerprint density at radius 2 is 1.58 bits per heavy atom. The minimum absolute atomic E-state index is 0.0451. The molecule has 1 aromatic rings. The molecule has 5 rings (SSSR count). The van der Waals surface area contributed by atoms with Gasteiger partial charge in [0, 0.05) is 5.56 Å². The van der Waals surface area contributed by atoms with Gasteiger partial charge < -0.3 is 5.11 Å². The third-order valence-corrected chi connectivity index (χ3v) is 6.24. The Hall–Kier alpha value is -0.570. The normalized spacial score (nSPS) is 39.8. The molecule has 102 valence electrons. The molecule has 1 aromatic carbocycles. The molecule has 3 heteroatoms. The van der Waals surface area contributed by atoms with E-state index >= 15 is 0 Å². The molecule has 1 nitrogen and oxygen atoms in total. The van der Waals surface area contributed by atoms with Crippen LogP contribution in [0.25, 0.3) is 0 Å². The van der Waals surface area contributed by atoms with E-state index in [1.165, 1.54) is 25.3 Å². The first-order chi connectivity index (χ1) is 9.06. The molecular formula is C16H18BrFO. The zero-order valence-electron chi connectivity index (χ0n) is 10.8. The summed E-state index contributed by atoms with van der Waals surface area (Å²) in [6.45, 7) is 0. The van der Waals surface area contributed by atoms with Gasteiger partial charge in [0.05, 0.1) is 4.47 Å². The molecule has 0 atom stereocenters. The number of benzene rings is 1. The van der Waals surface area contributed by atoms with E-state index in [-0.39, 0.29) is 17.0 Å². The van der Waals surface area contributed by atoms with Gasteiger partial charge in [-0.25, -0.2) is 4.39 Å². The molecule has 0 spiro atoms. The smallest absolute Gasteiger partial charge is 0.133 e. The number of phenolic OH excluding ortho intramolecular Hbond substituents is 1. The average molecular weight is 325 g/mol. The van der Waals surface area contributed by atoms with E-state index < -0.39 is 0 Å². The largest absolute Gasteiger partial charge is 0.506 e. The summed E-state index contributed by atoms with van der Waals surface area (Å²) < 4.78 is 14.3. The van der Waals surface area contributed by atoms with Crippen molar-refractivity contribution in [3.05, 3.63) is 28.0 Å². The molecule has 0 radical (unpaired) electrons. The van der Waals surface area contributed by atoms with Crippen molar-refractivity contribution in [3.63, 3.8) is 0 Å². The summed E-state index contributed by atoms with van der Waals surface area (Å²) >= 11 is 3.29. The van der Waals surface area contributed by atoms with Crippen molar-refractivity contribution in [1.82, 2.24) is 0 Å². The summed E-state index contributed by atoms with van der Waals surface area (Å²) in [6, 6.07) is 2.94. The van der Waals surface area contributed by atoms with Crippen LogP contribution in [-0.2, 0) is 5.41 Å². The first kappa shape index (κ1) is 12.2. The second-order valence-corrected chi connectivity index (χ2v) is 7.84. The van der Waals surface area contributed by atoms with Crippen LogP contribution in [0.2, 0.25) is 0 Å². The first-order valence-corrected chi connectivity index (χ1v) is 8.03. The van der Waals surface area contributed by atoms with Gasteiger partial charge in [-0.3, -0.25) is 0 Å². The van der Waals surface area contributed by atoms with E-state index in [0.29, 0.717) is 4.47 Å². The van der Waals surface area contributed by atoms with Crippen LogP contribution in [0.4, 0.5) is 4.39 Å². The summed E-state index contributed by atoms with van der Waals surface area (Å²) in [6.07, 6.45) is 7.50. The number of aromatic hydroxyl groups is 1. The van der Waals surface area contributed by atoms with Gasteiger partial charge in [-0.15, -0.1) is 0 Å². The summed E-state index contributed by atoms with van der Waals surface area (Å²) in [5.74, 6) is 2.42. The molecule has 1 N–H and O–H groups in total. The van der Waals surface area contributed by atoms with Crippen molar-refractivity contribution in [3.8, 4) is 5.75 Å². The van der Waals surface area contributed by atoms with Crippen LogP contribution in [0.1, 0.15) is 44.1 Å². The fourth-order valence-electron chi connectivity index (χ4n) is 5.41. The van der Waals surface area contributed by atoms with E-state index in [2.05, 4.69) is 15.9 Å². The number of hydrogen-bond donors (Lipinski definition) is 1. The summed E-state index contributed by atoms with van der Waals surface area (Å²) in [4.78, 5) is 0. The van der Waals surface area contributed by atoms with Gasteiger partial charge >= 0.3 is 0 Å². The third kappa shape index (κ3) is 1.77. The van der Waals surface area contributed by atoms with Crippen LogP contribution in [-0.4, -0.2) is 5.11 Å². The second kappa shape index (κ2) is 3.97. The molecule has 4 saturated carbocycles. The molecule has 4 aliphatic rings. The zero-order valence-corrected chi connectivity index (χ0v) is 12.4. The van der Waals surface area contributed by atoms with E-state index in [0.717, 1.165) is 42.6 Å². The molecule has 0 unspecified atom stereocenters. The molecule has 0 heterocycles. The third-order valence-electron chi connectivity index (χ3n) is 5.64. The van der Waals surface area contributed by atoms with E-state index in [9.17, 15) is 9.50 Å². The van der Waals surface area contributed by atoms with Crippen molar-refractivity contribution in [1.29, 1.82) is 0 Å². The van der Waals surface area contributed by atoms with E-state index in [4.69, 9.17) is 0 Å². The van der Waals surface area contributed by atoms with Crippen LogP contribution >= 0.6 is 15.9 Å². The fourth-order valence-corrected chi connectivity index (χ4v) is 5.84. The number of hydrogen-bond acceptors (Lipinski definition) is 1. The van der Waals surface area contributed by atoms with E-state index in [1.54, 1.807) is 6.07 Å². The van der Waals surface area contributed by atoms with E-state index in [1.807, 2.05) is 0 Å². The molecule has 0 aliphatic heterocycles. The SMILES string of the molecule is Oc1c(Br)cc(F)cc1C12CC3CC(CC(C3)C1)C2. The van der Waals surface area contributed by atoms with Gasteiger partial charge in [-0.2, -0.15) is 0 Å². The maximum Gasteiger partial charge on any atom is 0.133 e. The lowest BCUT2D eigenvalue weighted by Gasteiger charge is -2.57. The van der Waals surface area contributed by atoms with Gasteiger partial charge in [0.2, 0.25) is 0 Å². The highest BCUT2D eigenvalue weighted by Crippen LogP contribution is 2.62. The Morgan fingerprint density at radius 3 is 2.11 bits per heavy atom.